The zero-order valence-corrected chi connectivity index (χ0v) is 10.5. The van der Waals surface area contributed by atoms with Crippen molar-refractivity contribution < 1.29 is 14.3 Å². The zero-order chi connectivity index (χ0) is 12.8. The molecule has 3 rings (SSSR count). The first-order chi connectivity index (χ1) is 8.69. The third-order valence-electron chi connectivity index (χ3n) is 3.69. The molecule has 1 fully saturated rings. The minimum atomic E-state index is -0.629. The number of carbonyl (C=O) groups is 1. The van der Waals surface area contributed by atoms with Crippen LogP contribution in [0.4, 0.5) is 0 Å². The van der Waals surface area contributed by atoms with Gasteiger partial charge in [-0.1, -0.05) is 18.2 Å². The van der Waals surface area contributed by atoms with Gasteiger partial charge in [0.05, 0.1) is 20.3 Å². The predicted octanol–water partition coefficient (Wildman–Crippen LogP) is 1.62. The van der Waals surface area contributed by atoms with Crippen LogP contribution in [0.25, 0.3) is 10.9 Å². The van der Waals surface area contributed by atoms with Crippen LogP contribution < -0.4 is 0 Å². The molecule has 1 aliphatic heterocycles. The summed E-state index contributed by atoms with van der Waals surface area (Å²) in [6.07, 6.45) is 2.00. The Morgan fingerprint density at radius 2 is 2.11 bits per heavy atom. The summed E-state index contributed by atoms with van der Waals surface area (Å²) in [5, 5.41) is 1.09. The fraction of sp³-hybridized carbons (Fsp3) is 0.357. The number of aromatic nitrogens is 1. The van der Waals surface area contributed by atoms with Gasteiger partial charge in [0.1, 0.15) is 5.41 Å². The van der Waals surface area contributed by atoms with E-state index in [1.165, 1.54) is 7.11 Å². The van der Waals surface area contributed by atoms with Crippen molar-refractivity contribution in [3.63, 3.8) is 0 Å². The van der Waals surface area contributed by atoms with Crippen molar-refractivity contribution in [2.75, 3.05) is 20.3 Å². The summed E-state index contributed by atoms with van der Waals surface area (Å²) in [5.74, 6) is -0.217. The van der Waals surface area contributed by atoms with E-state index in [1.54, 1.807) is 0 Å². The molecule has 18 heavy (non-hydrogen) atoms. The van der Waals surface area contributed by atoms with Crippen LogP contribution in [-0.4, -0.2) is 30.9 Å². The van der Waals surface area contributed by atoms with Crippen molar-refractivity contribution in [1.82, 2.24) is 4.57 Å². The van der Waals surface area contributed by atoms with Crippen molar-refractivity contribution in [3.05, 3.63) is 36.0 Å². The molecule has 2 heterocycles. The molecule has 0 aliphatic carbocycles. The lowest BCUT2D eigenvalue weighted by Gasteiger charge is -2.38. The molecule has 0 amide bonds. The van der Waals surface area contributed by atoms with E-state index in [4.69, 9.17) is 9.47 Å². The second-order valence-corrected chi connectivity index (χ2v) is 4.74. The summed E-state index contributed by atoms with van der Waals surface area (Å²) in [6.45, 7) is 0.793. The Labute approximate surface area is 105 Å². The maximum atomic E-state index is 12.1. The van der Waals surface area contributed by atoms with E-state index in [1.807, 2.05) is 42.1 Å². The summed E-state index contributed by atoms with van der Waals surface area (Å²) in [7, 11) is 3.41. The third kappa shape index (κ3) is 1.32. The van der Waals surface area contributed by atoms with E-state index >= 15 is 0 Å². The summed E-state index contributed by atoms with van der Waals surface area (Å²) in [5.41, 5.74) is 1.48. The van der Waals surface area contributed by atoms with Crippen LogP contribution in [-0.2, 0) is 26.7 Å². The Kier molecular flexibility index (Phi) is 2.41. The average molecular weight is 245 g/mol. The van der Waals surface area contributed by atoms with Gasteiger partial charge in [-0.3, -0.25) is 4.79 Å². The SMILES string of the molecule is COC(=O)C1(c2cn(C)c3ccccc23)COC1. The Morgan fingerprint density at radius 1 is 1.39 bits per heavy atom. The van der Waals surface area contributed by atoms with Gasteiger partial charge < -0.3 is 14.0 Å². The lowest BCUT2D eigenvalue weighted by molar-refractivity contribution is -0.166. The number of carbonyl (C=O) groups excluding carboxylic acids is 1. The van der Waals surface area contributed by atoms with Gasteiger partial charge in [0.2, 0.25) is 0 Å². The highest BCUT2D eigenvalue weighted by Gasteiger charge is 2.50. The molecule has 94 valence electrons. The number of benzene rings is 1. The standard InChI is InChI=1S/C14H15NO3/c1-15-7-11(10-5-3-4-6-12(10)15)14(8-18-9-14)13(16)17-2/h3-7H,8-9H2,1-2H3. The third-order valence-corrected chi connectivity index (χ3v) is 3.69. The van der Waals surface area contributed by atoms with Crippen molar-refractivity contribution in [2.45, 2.75) is 5.41 Å². The largest absolute Gasteiger partial charge is 0.468 e. The van der Waals surface area contributed by atoms with Gasteiger partial charge in [0.15, 0.2) is 0 Å². The van der Waals surface area contributed by atoms with Crippen LogP contribution in [0.15, 0.2) is 30.5 Å². The van der Waals surface area contributed by atoms with Gasteiger partial charge in [-0.2, -0.15) is 0 Å². The highest BCUT2D eigenvalue weighted by atomic mass is 16.5. The number of methoxy groups -OCH3 is 1. The molecule has 2 aromatic rings. The molecule has 1 saturated heterocycles. The zero-order valence-electron chi connectivity index (χ0n) is 10.5. The van der Waals surface area contributed by atoms with Crippen LogP contribution in [0, 0.1) is 0 Å². The van der Waals surface area contributed by atoms with Crippen molar-refractivity contribution in [3.8, 4) is 0 Å². The van der Waals surface area contributed by atoms with Crippen molar-refractivity contribution >= 4 is 16.9 Å². The molecular formula is C14H15NO3. The lowest BCUT2D eigenvalue weighted by atomic mass is 9.78. The number of hydrogen-bond acceptors (Lipinski definition) is 3. The monoisotopic (exact) mass is 245 g/mol. The van der Waals surface area contributed by atoms with E-state index in [-0.39, 0.29) is 5.97 Å². The molecule has 0 bridgehead atoms. The highest BCUT2D eigenvalue weighted by molar-refractivity contribution is 5.94. The number of rotatable bonds is 2. The molecule has 1 aliphatic rings. The smallest absolute Gasteiger partial charge is 0.321 e. The fourth-order valence-corrected chi connectivity index (χ4v) is 2.61. The quantitative estimate of drug-likeness (QED) is 0.755. The first-order valence-electron chi connectivity index (χ1n) is 5.90. The lowest BCUT2D eigenvalue weighted by Crippen LogP contribution is -2.53. The summed E-state index contributed by atoms with van der Waals surface area (Å²) in [6, 6.07) is 8.06. The minimum Gasteiger partial charge on any atom is -0.468 e. The number of para-hydroxylation sites is 1. The van der Waals surface area contributed by atoms with E-state index in [0.29, 0.717) is 13.2 Å². The van der Waals surface area contributed by atoms with Gasteiger partial charge in [-0.05, 0) is 11.6 Å². The molecular weight excluding hydrogens is 230 g/mol. The predicted molar refractivity (Wildman–Crippen MR) is 67.4 cm³/mol. The summed E-state index contributed by atoms with van der Waals surface area (Å²) in [4.78, 5) is 12.1. The van der Waals surface area contributed by atoms with E-state index in [9.17, 15) is 4.79 Å². The fourth-order valence-electron chi connectivity index (χ4n) is 2.61. The topological polar surface area (TPSA) is 40.5 Å². The summed E-state index contributed by atoms with van der Waals surface area (Å²) < 4.78 is 12.2. The Balaban J connectivity index is 2.22. The Morgan fingerprint density at radius 3 is 2.72 bits per heavy atom. The van der Waals surface area contributed by atoms with Crippen molar-refractivity contribution in [1.29, 1.82) is 0 Å². The maximum Gasteiger partial charge on any atom is 0.321 e. The molecule has 0 spiro atoms. The van der Waals surface area contributed by atoms with Crippen LogP contribution in [0.3, 0.4) is 0 Å². The van der Waals surface area contributed by atoms with E-state index in [0.717, 1.165) is 16.5 Å². The number of esters is 1. The number of aryl methyl sites for hydroxylation is 1. The van der Waals surface area contributed by atoms with Gasteiger partial charge in [0.25, 0.3) is 0 Å². The maximum absolute atomic E-state index is 12.1. The molecule has 0 atom stereocenters. The Bertz CT molecular complexity index is 611. The molecule has 4 nitrogen and oxygen atoms in total. The molecule has 4 heteroatoms. The molecule has 1 aromatic heterocycles. The summed E-state index contributed by atoms with van der Waals surface area (Å²) >= 11 is 0. The molecule has 0 radical (unpaired) electrons. The number of hydrogen-bond donors (Lipinski definition) is 0. The molecule has 0 saturated carbocycles. The first-order valence-corrected chi connectivity index (χ1v) is 5.90. The number of nitrogens with zero attached hydrogens (tertiary/aromatic N) is 1. The van der Waals surface area contributed by atoms with E-state index in [2.05, 4.69) is 0 Å². The molecule has 0 N–H and O–H groups in total. The second-order valence-electron chi connectivity index (χ2n) is 4.74. The molecule has 0 unspecified atom stereocenters. The van der Waals surface area contributed by atoms with Crippen LogP contribution >= 0.6 is 0 Å². The average Bonchev–Trinajstić information content (AvgIpc) is 2.67. The molecule has 1 aromatic carbocycles. The van der Waals surface area contributed by atoms with E-state index < -0.39 is 5.41 Å². The van der Waals surface area contributed by atoms with Crippen LogP contribution in [0.5, 0.6) is 0 Å². The number of fused-ring (bicyclic) bond motifs is 1. The highest BCUT2D eigenvalue weighted by Crippen LogP contribution is 2.38. The van der Waals surface area contributed by atoms with Crippen LogP contribution in [0.1, 0.15) is 5.56 Å². The minimum absolute atomic E-state index is 0.217. The number of ether oxygens (including phenoxy) is 2. The second kappa shape index (κ2) is 3.85. The first kappa shape index (κ1) is 11.3. The van der Waals surface area contributed by atoms with Crippen molar-refractivity contribution in [2.24, 2.45) is 7.05 Å². The van der Waals surface area contributed by atoms with Crippen LogP contribution in [0.2, 0.25) is 0 Å². The Hall–Kier alpha value is -1.81. The van der Waals surface area contributed by atoms with Gasteiger partial charge >= 0.3 is 5.97 Å². The normalized spacial score (nSPS) is 17.4. The van der Waals surface area contributed by atoms with Gasteiger partial charge in [0, 0.05) is 24.1 Å². The van der Waals surface area contributed by atoms with Gasteiger partial charge in [-0.15, -0.1) is 0 Å². The van der Waals surface area contributed by atoms with Gasteiger partial charge in [-0.25, -0.2) is 0 Å².